The molecule has 33 heavy (non-hydrogen) atoms. The minimum atomic E-state index is -0.556. The van der Waals surface area contributed by atoms with E-state index in [-0.39, 0.29) is 48.2 Å². The zero-order valence-electron chi connectivity index (χ0n) is 18.7. The summed E-state index contributed by atoms with van der Waals surface area (Å²) in [7, 11) is 0. The SMILES string of the molecule is CCNC(=NCC(=O)N1CCc2ccccc2C1)NC1CCN(c2c(F)cccc2F)C1.I. The lowest BCUT2D eigenvalue weighted by Crippen LogP contribution is -2.45. The maximum atomic E-state index is 14.1. The van der Waals surface area contributed by atoms with Crippen molar-refractivity contribution >= 4 is 41.5 Å². The van der Waals surface area contributed by atoms with Crippen LogP contribution in [0, 0.1) is 11.6 Å². The first-order valence-electron chi connectivity index (χ1n) is 11.1. The van der Waals surface area contributed by atoms with E-state index in [1.54, 1.807) is 4.90 Å². The van der Waals surface area contributed by atoms with E-state index in [2.05, 4.69) is 27.8 Å². The van der Waals surface area contributed by atoms with E-state index in [4.69, 9.17) is 0 Å². The second-order valence-corrected chi connectivity index (χ2v) is 8.18. The van der Waals surface area contributed by atoms with Gasteiger partial charge in [0.05, 0.1) is 0 Å². The highest BCUT2D eigenvalue weighted by atomic mass is 127. The smallest absolute Gasteiger partial charge is 0.244 e. The molecule has 1 atom stereocenters. The van der Waals surface area contributed by atoms with Crippen molar-refractivity contribution in [2.75, 3.05) is 37.6 Å². The van der Waals surface area contributed by atoms with Crippen molar-refractivity contribution in [3.05, 3.63) is 65.2 Å². The third kappa shape index (κ3) is 6.13. The van der Waals surface area contributed by atoms with Gasteiger partial charge in [-0.05, 0) is 43.0 Å². The Kier molecular flexibility index (Phi) is 8.87. The molecule has 0 saturated carbocycles. The molecule has 0 radical (unpaired) electrons. The molecule has 1 saturated heterocycles. The monoisotopic (exact) mass is 569 g/mol. The summed E-state index contributed by atoms with van der Waals surface area (Å²) in [5.41, 5.74) is 2.50. The van der Waals surface area contributed by atoms with Crippen molar-refractivity contribution in [1.82, 2.24) is 15.5 Å². The first kappa shape index (κ1) is 25.2. The Morgan fingerprint density at radius 1 is 1.09 bits per heavy atom. The van der Waals surface area contributed by atoms with Gasteiger partial charge in [-0.3, -0.25) is 4.79 Å². The van der Waals surface area contributed by atoms with Gasteiger partial charge >= 0.3 is 0 Å². The first-order chi connectivity index (χ1) is 15.5. The van der Waals surface area contributed by atoms with Crippen LogP contribution in [0.5, 0.6) is 0 Å². The number of aliphatic imine (C=N–C) groups is 1. The van der Waals surface area contributed by atoms with Crippen molar-refractivity contribution in [1.29, 1.82) is 0 Å². The van der Waals surface area contributed by atoms with E-state index in [1.807, 2.05) is 24.0 Å². The Hall–Kier alpha value is -2.43. The van der Waals surface area contributed by atoms with Gasteiger partial charge in [-0.1, -0.05) is 30.3 Å². The number of guanidine groups is 1. The molecule has 1 fully saturated rings. The van der Waals surface area contributed by atoms with E-state index in [1.165, 1.54) is 29.3 Å². The highest BCUT2D eigenvalue weighted by Crippen LogP contribution is 2.26. The molecule has 0 spiro atoms. The summed E-state index contributed by atoms with van der Waals surface area (Å²) >= 11 is 0. The second kappa shape index (κ2) is 11.6. The number of carbonyl (C=O) groups excluding carboxylic acids is 1. The quantitative estimate of drug-likeness (QED) is 0.330. The predicted molar refractivity (Wildman–Crippen MR) is 137 cm³/mol. The Labute approximate surface area is 210 Å². The Morgan fingerprint density at radius 3 is 2.55 bits per heavy atom. The molecule has 2 aromatic rings. The molecule has 178 valence electrons. The first-order valence-corrected chi connectivity index (χ1v) is 11.1. The van der Waals surface area contributed by atoms with Crippen LogP contribution >= 0.6 is 24.0 Å². The third-order valence-corrected chi connectivity index (χ3v) is 5.98. The van der Waals surface area contributed by atoms with Gasteiger partial charge in [0.1, 0.15) is 23.9 Å². The van der Waals surface area contributed by atoms with Gasteiger partial charge < -0.3 is 20.4 Å². The molecule has 4 rings (SSSR count). The molecule has 1 unspecified atom stereocenters. The minimum absolute atomic E-state index is 0. The largest absolute Gasteiger partial charge is 0.365 e. The van der Waals surface area contributed by atoms with Crippen LogP contribution in [0.25, 0.3) is 0 Å². The highest BCUT2D eigenvalue weighted by Gasteiger charge is 2.27. The molecule has 2 heterocycles. The van der Waals surface area contributed by atoms with Gasteiger partial charge in [0.2, 0.25) is 5.91 Å². The molecule has 2 aliphatic rings. The number of carbonyl (C=O) groups is 1. The summed E-state index contributed by atoms with van der Waals surface area (Å²) in [6.45, 7) is 4.96. The summed E-state index contributed by atoms with van der Waals surface area (Å²) in [6.07, 6.45) is 1.57. The lowest BCUT2D eigenvalue weighted by molar-refractivity contribution is -0.130. The highest BCUT2D eigenvalue weighted by molar-refractivity contribution is 14.0. The van der Waals surface area contributed by atoms with E-state index in [9.17, 15) is 13.6 Å². The summed E-state index contributed by atoms with van der Waals surface area (Å²) < 4.78 is 28.2. The number of rotatable bonds is 5. The summed E-state index contributed by atoms with van der Waals surface area (Å²) in [5.74, 6) is -0.586. The van der Waals surface area contributed by atoms with Gasteiger partial charge in [-0.15, -0.1) is 24.0 Å². The fraction of sp³-hybridized carbons (Fsp3) is 0.417. The fourth-order valence-electron chi connectivity index (χ4n) is 4.34. The van der Waals surface area contributed by atoms with Crippen LogP contribution in [0.15, 0.2) is 47.5 Å². The standard InChI is InChI=1S/C24H29F2N5O.HI/c1-2-27-24(28-14-22(32)30-12-10-17-6-3-4-7-18(17)15-30)29-19-11-13-31(16-19)23-20(25)8-5-9-21(23)26;/h3-9,19H,2,10-16H2,1H3,(H2,27,28,29);1H. The number of hydrogen-bond acceptors (Lipinski definition) is 3. The Bertz CT molecular complexity index is 982. The Balaban J connectivity index is 0.00000306. The molecule has 2 N–H and O–H groups in total. The number of nitrogens with one attached hydrogen (secondary N) is 2. The molecule has 0 aliphatic carbocycles. The minimum Gasteiger partial charge on any atom is -0.365 e. The van der Waals surface area contributed by atoms with E-state index < -0.39 is 11.6 Å². The lowest BCUT2D eigenvalue weighted by Gasteiger charge is -2.28. The molecule has 9 heteroatoms. The number of fused-ring (bicyclic) bond motifs is 1. The number of nitrogens with zero attached hydrogens (tertiary/aromatic N) is 3. The number of halogens is 3. The molecule has 1 amide bonds. The number of para-hydroxylation sites is 1. The molecule has 0 bridgehead atoms. The van der Waals surface area contributed by atoms with Crippen LogP contribution in [-0.2, 0) is 17.8 Å². The van der Waals surface area contributed by atoms with Crippen LogP contribution < -0.4 is 15.5 Å². The van der Waals surface area contributed by atoms with Gasteiger partial charge in [0.15, 0.2) is 5.96 Å². The Morgan fingerprint density at radius 2 is 1.82 bits per heavy atom. The number of amides is 1. The van der Waals surface area contributed by atoms with Crippen molar-refractivity contribution in [3.8, 4) is 0 Å². The van der Waals surface area contributed by atoms with Crippen LogP contribution in [-0.4, -0.2) is 55.5 Å². The molecule has 2 aromatic carbocycles. The molecular formula is C24H30F2IN5O. The second-order valence-electron chi connectivity index (χ2n) is 8.18. The van der Waals surface area contributed by atoms with Crippen molar-refractivity contribution < 1.29 is 13.6 Å². The number of hydrogen-bond donors (Lipinski definition) is 2. The zero-order valence-corrected chi connectivity index (χ0v) is 21.0. The zero-order chi connectivity index (χ0) is 22.5. The molecule has 0 aromatic heterocycles. The van der Waals surface area contributed by atoms with Gasteiger partial charge in [-0.25, -0.2) is 13.8 Å². The van der Waals surface area contributed by atoms with Crippen molar-refractivity contribution in [3.63, 3.8) is 0 Å². The molecular weight excluding hydrogens is 539 g/mol. The third-order valence-electron chi connectivity index (χ3n) is 5.98. The van der Waals surface area contributed by atoms with Crippen molar-refractivity contribution in [2.24, 2.45) is 4.99 Å². The van der Waals surface area contributed by atoms with Crippen LogP contribution in [0.1, 0.15) is 24.5 Å². The number of anilines is 1. The van der Waals surface area contributed by atoms with Crippen molar-refractivity contribution in [2.45, 2.75) is 32.4 Å². The number of benzene rings is 2. The summed E-state index contributed by atoms with van der Waals surface area (Å²) in [5, 5.41) is 6.47. The average molecular weight is 569 g/mol. The van der Waals surface area contributed by atoms with Gasteiger partial charge in [-0.2, -0.15) is 0 Å². The van der Waals surface area contributed by atoms with E-state index >= 15 is 0 Å². The fourth-order valence-corrected chi connectivity index (χ4v) is 4.34. The molecule has 6 nitrogen and oxygen atoms in total. The van der Waals surface area contributed by atoms with Crippen LogP contribution in [0.3, 0.4) is 0 Å². The topological polar surface area (TPSA) is 60.0 Å². The maximum Gasteiger partial charge on any atom is 0.244 e. The van der Waals surface area contributed by atoms with E-state index in [0.717, 1.165) is 12.8 Å². The van der Waals surface area contributed by atoms with Gasteiger partial charge in [0.25, 0.3) is 0 Å². The normalized spacial score (nSPS) is 17.9. The maximum absolute atomic E-state index is 14.1. The summed E-state index contributed by atoms with van der Waals surface area (Å²) in [6, 6.07) is 12.1. The molecule has 2 aliphatic heterocycles. The van der Waals surface area contributed by atoms with E-state index in [0.29, 0.717) is 38.7 Å². The summed E-state index contributed by atoms with van der Waals surface area (Å²) in [4.78, 5) is 20.8. The van der Waals surface area contributed by atoms with Crippen LogP contribution in [0.2, 0.25) is 0 Å². The average Bonchev–Trinajstić information content (AvgIpc) is 3.25. The van der Waals surface area contributed by atoms with Gasteiger partial charge in [0, 0.05) is 38.8 Å². The van der Waals surface area contributed by atoms with Crippen LogP contribution in [0.4, 0.5) is 14.5 Å². The lowest BCUT2D eigenvalue weighted by atomic mass is 10.00. The predicted octanol–water partition coefficient (Wildman–Crippen LogP) is 3.30.